The molecule has 1 amide bonds. The summed E-state index contributed by atoms with van der Waals surface area (Å²) in [7, 11) is 0. The first kappa shape index (κ1) is 17.8. The van der Waals surface area contributed by atoms with Gasteiger partial charge in [-0.25, -0.2) is 9.67 Å². The highest BCUT2D eigenvalue weighted by Gasteiger charge is 2.10. The lowest BCUT2D eigenvalue weighted by atomic mass is 10.3. The van der Waals surface area contributed by atoms with Crippen LogP contribution < -0.4 is 10.9 Å². The zero-order valence-corrected chi connectivity index (χ0v) is 15.1. The highest BCUT2D eigenvalue weighted by Crippen LogP contribution is 2.15. The molecule has 0 saturated heterocycles. The number of benzene rings is 1. The number of imidazole rings is 1. The van der Waals surface area contributed by atoms with Gasteiger partial charge in [0.25, 0.3) is 11.5 Å². The average Bonchev–Trinajstić information content (AvgIpc) is 2.96. The Kier molecular flexibility index (Phi) is 5.46. The molecule has 0 spiro atoms. The number of carbonyl (C=O) groups is 1. The molecule has 1 N–H and O–H groups in total. The zero-order chi connectivity index (χ0) is 18.5. The summed E-state index contributed by atoms with van der Waals surface area (Å²) in [6.07, 6.45) is 1.57. The van der Waals surface area contributed by atoms with Gasteiger partial charge in [-0.05, 0) is 38.0 Å². The van der Waals surface area contributed by atoms with Gasteiger partial charge in [-0.3, -0.25) is 9.59 Å². The molecular formula is C19H23N5O2. The van der Waals surface area contributed by atoms with E-state index >= 15 is 0 Å². The van der Waals surface area contributed by atoms with Crippen LogP contribution in [0.4, 0.5) is 0 Å². The predicted molar refractivity (Wildman–Crippen MR) is 100 cm³/mol. The van der Waals surface area contributed by atoms with Crippen molar-refractivity contribution in [2.24, 2.45) is 0 Å². The van der Waals surface area contributed by atoms with E-state index in [0.29, 0.717) is 13.1 Å². The second kappa shape index (κ2) is 7.95. The third-order valence-electron chi connectivity index (χ3n) is 4.22. The summed E-state index contributed by atoms with van der Waals surface area (Å²) < 4.78 is 3.48. The standard InChI is InChI=1S/C19H23N5O2/c1-3-12-24-18(25)10-9-16(22-24)19(26)20-11-6-13-23-14(2)21-15-7-4-5-8-17(15)23/h4-5,7-10H,3,6,11-13H2,1-2H3,(H,20,26). The lowest BCUT2D eigenvalue weighted by Gasteiger charge is -2.09. The molecule has 0 atom stereocenters. The van der Waals surface area contributed by atoms with Crippen LogP contribution in [0, 0.1) is 6.92 Å². The van der Waals surface area contributed by atoms with E-state index < -0.39 is 0 Å². The maximum absolute atomic E-state index is 12.2. The third kappa shape index (κ3) is 3.82. The second-order valence-corrected chi connectivity index (χ2v) is 6.19. The van der Waals surface area contributed by atoms with Gasteiger partial charge in [0, 0.05) is 25.7 Å². The van der Waals surface area contributed by atoms with Crippen molar-refractivity contribution in [2.75, 3.05) is 6.54 Å². The Morgan fingerprint density at radius 1 is 1.15 bits per heavy atom. The number of rotatable bonds is 7. The van der Waals surface area contributed by atoms with Gasteiger partial charge in [0.1, 0.15) is 11.5 Å². The highest BCUT2D eigenvalue weighted by molar-refractivity contribution is 5.91. The number of para-hydroxylation sites is 2. The van der Waals surface area contributed by atoms with Crippen molar-refractivity contribution in [3.8, 4) is 0 Å². The number of carbonyl (C=O) groups excluding carboxylic acids is 1. The fourth-order valence-corrected chi connectivity index (χ4v) is 2.95. The minimum atomic E-state index is -0.262. The van der Waals surface area contributed by atoms with Gasteiger partial charge in [0.15, 0.2) is 0 Å². The molecule has 0 saturated carbocycles. The number of fused-ring (bicyclic) bond motifs is 1. The molecule has 26 heavy (non-hydrogen) atoms. The smallest absolute Gasteiger partial charge is 0.271 e. The van der Waals surface area contributed by atoms with Gasteiger partial charge in [-0.15, -0.1) is 0 Å². The summed E-state index contributed by atoms with van der Waals surface area (Å²) in [6, 6.07) is 10.9. The number of nitrogens with zero attached hydrogens (tertiary/aromatic N) is 4. The molecule has 7 heteroatoms. The molecule has 136 valence electrons. The van der Waals surface area contributed by atoms with E-state index in [0.717, 1.165) is 36.2 Å². The van der Waals surface area contributed by atoms with E-state index in [-0.39, 0.29) is 17.2 Å². The third-order valence-corrected chi connectivity index (χ3v) is 4.22. The number of hydrogen-bond donors (Lipinski definition) is 1. The molecule has 0 unspecified atom stereocenters. The summed E-state index contributed by atoms with van der Waals surface area (Å²) in [5.41, 5.74) is 2.16. The van der Waals surface area contributed by atoms with Crippen LogP contribution in [0.3, 0.4) is 0 Å². The van der Waals surface area contributed by atoms with Gasteiger partial charge in [0.05, 0.1) is 11.0 Å². The summed E-state index contributed by atoms with van der Waals surface area (Å²) >= 11 is 0. The van der Waals surface area contributed by atoms with Gasteiger partial charge >= 0.3 is 0 Å². The van der Waals surface area contributed by atoms with E-state index in [9.17, 15) is 9.59 Å². The lowest BCUT2D eigenvalue weighted by Crippen LogP contribution is -2.30. The fraction of sp³-hybridized carbons (Fsp3) is 0.368. The van der Waals surface area contributed by atoms with Crippen LogP contribution in [0.1, 0.15) is 36.1 Å². The van der Waals surface area contributed by atoms with E-state index in [1.807, 2.05) is 32.0 Å². The lowest BCUT2D eigenvalue weighted by molar-refractivity contribution is 0.0945. The van der Waals surface area contributed by atoms with Crippen molar-refractivity contribution in [1.29, 1.82) is 0 Å². The summed E-state index contributed by atoms with van der Waals surface area (Å²) in [5.74, 6) is 0.702. The van der Waals surface area contributed by atoms with Crippen LogP contribution >= 0.6 is 0 Å². The van der Waals surface area contributed by atoms with E-state index in [1.54, 1.807) is 0 Å². The van der Waals surface area contributed by atoms with E-state index in [1.165, 1.54) is 16.8 Å². The number of amides is 1. The monoisotopic (exact) mass is 353 g/mol. The quantitative estimate of drug-likeness (QED) is 0.660. The number of aryl methyl sites for hydroxylation is 3. The predicted octanol–water partition coefficient (Wildman–Crippen LogP) is 2.13. The van der Waals surface area contributed by atoms with Crippen molar-refractivity contribution < 1.29 is 4.79 Å². The Balaban J connectivity index is 1.58. The average molecular weight is 353 g/mol. The minimum absolute atomic E-state index is 0.189. The first-order valence-corrected chi connectivity index (χ1v) is 8.88. The van der Waals surface area contributed by atoms with Crippen LogP contribution in [0.25, 0.3) is 11.0 Å². The molecule has 2 aromatic heterocycles. The number of aromatic nitrogens is 4. The maximum Gasteiger partial charge on any atom is 0.271 e. The van der Waals surface area contributed by atoms with Gasteiger partial charge in [-0.1, -0.05) is 19.1 Å². The second-order valence-electron chi connectivity index (χ2n) is 6.19. The van der Waals surface area contributed by atoms with Crippen LogP contribution in [0.2, 0.25) is 0 Å². The Bertz CT molecular complexity index is 973. The molecular weight excluding hydrogens is 330 g/mol. The molecule has 1 aromatic carbocycles. The van der Waals surface area contributed by atoms with Crippen molar-refractivity contribution >= 4 is 16.9 Å². The Labute approximate surface area is 151 Å². The largest absolute Gasteiger partial charge is 0.351 e. The van der Waals surface area contributed by atoms with Gasteiger partial charge < -0.3 is 9.88 Å². The Hall–Kier alpha value is -2.96. The molecule has 3 aromatic rings. The topological polar surface area (TPSA) is 81.8 Å². The Morgan fingerprint density at radius 3 is 2.77 bits per heavy atom. The minimum Gasteiger partial charge on any atom is -0.351 e. The molecule has 0 aliphatic carbocycles. The van der Waals surface area contributed by atoms with E-state index in [2.05, 4.69) is 26.0 Å². The van der Waals surface area contributed by atoms with Crippen LogP contribution in [-0.4, -0.2) is 31.8 Å². The molecule has 7 nitrogen and oxygen atoms in total. The van der Waals surface area contributed by atoms with Crippen LogP contribution in [0.15, 0.2) is 41.2 Å². The van der Waals surface area contributed by atoms with Crippen molar-refractivity contribution in [3.63, 3.8) is 0 Å². The normalized spacial score (nSPS) is 11.0. The van der Waals surface area contributed by atoms with Crippen LogP contribution in [0.5, 0.6) is 0 Å². The molecule has 0 aliphatic rings. The first-order chi connectivity index (χ1) is 12.6. The van der Waals surface area contributed by atoms with Gasteiger partial charge in [-0.2, -0.15) is 5.10 Å². The number of nitrogens with one attached hydrogen (secondary N) is 1. The molecule has 0 aliphatic heterocycles. The molecule has 0 fully saturated rings. The first-order valence-electron chi connectivity index (χ1n) is 8.88. The van der Waals surface area contributed by atoms with Crippen LogP contribution in [-0.2, 0) is 13.1 Å². The number of hydrogen-bond acceptors (Lipinski definition) is 4. The van der Waals surface area contributed by atoms with Gasteiger partial charge in [0.2, 0.25) is 0 Å². The maximum atomic E-state index is 12.2. The molecule has 3 rings (SSSR count). The van der Waals surface area contributed by atoms with Crippen molar-refractivity contribution in [3.05, 3.63) is 58.3 Å². The SMILES string of the molecule is CCCn1nc(C(=O)NCCCn2c(C)nc3ccccc32)ccc1=O. The highest BCUT2D eigenvalue weighted by atomic mass is 16.2. The van der Waals surface area contributed by atoms with E-state index in [4.69, 9.17) is 0 Å². The summed E-state index contributed by atoms with van der Waals surface area (Å²) in [6.45, 7) is 5.75. The summed E-state index contributed by atoms with van der Waals surface area (Å²) in [5, 5.41) is 6.99. The van der Waals surface area contributed by atoms with Crippen molar-refractivity contribution in [2.45, 2.75) is 39.8 Å². The molecule has 2 heterocycles. The fourth-order valence-electron chi connectivity index (χ4n) is 2.95. The van der Waals surface area contributed by atoms with Crippen molar-refractivity contribution in [1.82, 2.24) is 24.6 Å². The zero-order valence-electron chi connectivity index (χ0n) is 15.1. The summed E-state index contributed by atoms with van der Waals surface area (Å²) in [4.78, 5) is 28.5. The molecule has 0 bridgehead atoms. The Morgan fingerprint density at radius 2 is 1.96 bits per heavy atom. The molecule has 0 radical (unpaired) electrons.